The van der Waals surface area contributed by atoms with Crippen LogP contribution in [0.25, 0.3) is 12.2 Å². The van der Waals surface area contributed by atoms with Crippen molar-refractivity contribution in [1.82, 2.24) is 0 Å². The summed E-state index contributed by atoms with van der Waals surface area (Å²) < 4.78 is 0. The van der Waals surface area contributed by atoms with Gasteiger partial charge in [-0.05, 0) is 73.2 Å². The molecular weight excluding hydrogens is 480 g/mol. The maximum absolute atomic E-state index is 12.4. The SMILES string of the molecule is CCCCN(CCCC)c1ccc(/C=C/C(=O)CC(=O)/C=C/c2ccc(N(CCCC)CCCC)cc2)cc1. The van der Waals surface area contributed by atoms with Crippen molar-refractivity contribution in [1.29, 1.82) is 0 Å². The van der Waals surface area contributed by atoms with Gasteiger partial charge in [0.15, 0.2) is 11.6 Å². The lowest BCUT2D eigenvalue weighted by molar-refractivity contribution is -0.121. The third kappa shape index (κ3) is 12.5. The Kier molecular flexibility index (Phi) is 15.6. The first-order valence-corrected chi connectivity index (χ1v) is 15.1. The van der Waals surface area contributed by atoms with Gasteiger partial charge in [-0.25, -0.2) is 0 Å². The number of benzene rings is 2. The van der Waals surface area contributed by atoms with Gasteiger partial charge >= 0.3 is 0 Å². The number of allylic oxidation sites excluding steroid dienone is 2. The number of unbranched alkanes of at least 4 members (excludes halogenated alkanes) is 4. The van der Waals surface area contributed by atoms with Crippen LogP contribution in [-0.4, -0.2) is 37.7 Å². The average Bonchev–Trinajstić information content (AvgIpc) is 2.96. The molecule has 0 radical (unpaired) electrons. The van der Waals surface area contributed by atoms with Gasteiger partial charge in [0.1, 0.15) is 0 Å². The van der Waals surface area contributed by atoms with Crippen molar-refractivity contribution in [3.63, 3.8) is 0 Å². The highest BCUT2D eigenvalue weighted by Crippen LogP contribution is 2.19. The molecule has 39 heavy (non-hydrogen) atoms. The number of carbonyl (C=O) groups is 2. The third-order valence-electron chi connectivity index (χ3n) is 6.91. The van der Waals surface area contributed by atoms with Crippen LogP contribution in [0.5, 0.6) is 0 Å². The van der Waals surface area contributed by atoms with Crippen LogP contribution >= 0.6 is 0 Å². The van der Waals surface area contributed by atoms with E-state index in [1.807, 2.05) is 24.3 Å². The van der Waals surface area contributed by atoms with E-state index in [0.717, 1.165) is 37.3 Å². The quantitative estimate of drug-likeness (QED) is 0.127. The number of nitrogens with zero attached hydrogens (tertiary/aromatic N) is 2. The van der Waals surface area contributed by atoms with Crippen molar-refractivity contribution in [2.45, 2.75) is 85.5 Å². The van der Waals surface area contributed by atoms with E-state index in [1.54, 1.807) is 12.2 Å². The van der Waals surface area contributed by atoms with Crippen LogP contribution in [0, 0.1) is 0 Å². The maximum atomic E-state index is 12.4. The largest absolute Gasteiger partial charge is 0.372 e. The molecule has 0 amide bonds. The smallest absolute Gasteiger partial charge is 0.163 e. The Morgan fingerprint density at radius 1 is 0.538 bits per heavy atom. The van der Waals surface area contributed by atoms with E-state index in [-0.39, 0.29) is 18.0 Å². The molecule has 0 bridgehead atoms. The number of rotatable bonds is 20. The lowest BCUT2D eigenvalue weighted by atomic mass is 10.1. The van der Waals surface area contributed by atoms with Crippen molar-refractivity contribution in [2.24, 2.45) is 0 Å². The summed E-state index contributed by atoms with van der Waals surface area (Å²) in [6.07, 6.45) is 16.0. The Labute approximate surface area is 237 Å². The molecule has 0 spiro atoms. The van der Waals surface area contributed by atoms with Crippen molar-refractivity contribution in [3.05, 3.63) is 71.8 Å². The number of hydrogen-bond donors (Lipinski definition) is 0. The monoisotopic (exact) mass is 530 g/mol. The summed E-state index contributed by atoms with van der Waals surface area (Å²) in [6.45, 7) is 13.2. The number of anilines is 2. The molecule has 0 saturated heterocycles. The summed E-state index contributed by atoms with van der Waals surface area (Å²) >= 11 is 0. The van der Waals surface area contributed by atoms with Gasteiger partial charge in [-0.15, -0.1) is 0 Å². The van der Waals surface area contributed by atoms with Crippen molar-refractivity contribution in [2.75, 3.05) is 36.0 Å². The summed E-state index contributed by atoms with van der Waals surface area (Å²) in [7, 11) is 0. The van der Waals surface area contributed by atoms with E-state index in [0.29, 0.717) is 0 Å². The summed E-state index contributed by atoms with van der Waals surface area (Å²) in [4.78, 5) is 29.7. The fraction of sp³-hybridized carbons (Fsp3) is 0.486. The van der Waals surface area contributed by atoms with Gasteiger partial charge in [-0.1, -0.05) is 89.8 Å². The van der Waals surface area contributed by atoms with Gasteiger partial charge in [-0.2, -0.15) is 0 Å². The fourth-order valence-electron chi connectivity index (χ4n) is 4.40. The Morgan fingerprint density at radius 2 is 0.846 bits per heavy atom. The summed E-state index contributed by atoms with van der Waals surface area (Å²) in [5, 5.41) is 0. The van der Waals surface area contributed by atoms with Gasteiger partial charge in [-0.3, -0.25) is 9.59 Å². The minimum absolute atomic E-state index is 0.118. The molecule has 0 saturated carbocycles. The molecule has 2 aromatic carbocycles. The van der Waals surface area contributed by atoms with Crippen LogP contribution in [0.4, 0.5) is 11.4 Å². The van der Waals surface area contributed by atoms with Crippen molar-refractivity contribution < 1.29 is 9.59 Å². The summed E-state index contributed by atoms with van der Waals surface area (Å²) in [5.74, 6) is -0.363. The molecule has 0 N–H and O–H groups in total. The van der Waals surface area contributed by atoms with Crippen LogP contribution < -0.4 is 9.80 Å². The molecule has 0 fully saturated rings. The molecule has 212 valence electrons. The minimum atomic E-state index is -0.181. The zero-order valence-corrected chi connectivity index (χ0v) is 24.8. The summed E-state index contributed by atoms with van der Waals surface area (Å²) in [5.41, 5.74) is 4.38. The highest BCUT2D eigenvalue weighted by atomic mass is 16.1. The molecule has 2 aromatic rings. The predicted octanol–water partition coefficient (Wildman–Crippen LogP) is 8.75. The second-order valence-corrected chi connectivity index (χ2v) is 10.3. The molecule has 0 atom stereocenters. The average molecular weight is 531 g/mol. The molecule has 2 rings (SSSR count). The van der Waals surface area contributed by atoms with Crippen LogP contribution in [0.3, 0.4) is 0 Å². The number of carbonyl (C=O) groups excluding carboxylic acids is 2. The van der Waals surface area contributed by atoms with E-state index in [2.05, 4.69) is 61.8 Å². The summed E-state index contributed by atoms with van der Waals surface area (Å²) in [6, 6.07) is 16.7. The highest BCUT2D eigenvalue weighted by molar-refractivity contribution is 6.10. The Bertz CT molecular complexity index is 922. The number of ketones is 2. The Balaban J connectivity index is 1.89. The van der Waals surface area contributed by atoms with E-state index in [1.165, 1.54) is 74.9 Å². The molecule has 0 unspecified atom stereocenters. The van der Waals surface area contributed by atoms with Gasteiger partial charge < -0.3 is 9.80 Å². The molecule has 0 heterocycles. The predicted molar refractivity (Wildman–Crippen MR) is 170 cm³/mol. The standard InChI is InChI=1S/C35H50N2O2/c1-5-9-25-36(26-10-6-2)32-19-13-30(14-20-32)17-23-34(38)29-35(39)24-18-31-15-21-33(22-16-31)37(27-11-7-3)28-12-8-4/h13-24H,5-12,25-29H2,1-4H3/b23-17+,24-18+. The minimum Gasteiger partial charge on any atom is -0.372 e. The van der Waals surface area contributed by atoms with Crippen molar-refractivity contribution >= 4 is 35.1 Å². The van der Waals surface area contributed by atoms with Gasteiger partial charge in [0.05, 0.1) is 6.42 Å². The zero-order valence-electron chi connectivity index (χ0n) is 24.8. The first kappa shape index (κ1) is 32.1. The molecule has 0 aliphatic heterocycles. The first-order valence-electron chi connectivity index (χ1n) is 15.1. The van der Waals surface area contributed by atoms with Crippen LogP contribution in [0.2, 0.25) is 0 Å². The van der Waals surface area contributed by atoms with E-state index in [4.69, 9.17) is 0 Å². The number of hydrogen-bond acceptors (Lipinski definition) is 4. The molecule has 0 aliphatic rings. The van der Waals surface area contributed by atoms with Crippen LogP contribution in [0.1, 0.15) is 96.6 Å². The second kappa shape index (κ2) is 19.0. The van der Waals surface area contributed by atoms with Gasteiger partial charge in [0, 0.05) is 37.6 Å². The third-order valence-corrected chi connectivity index (χ3v) is 6.91. The van der Waals surface area contributed by atoms with Crippen LogP contribution in [0.15, 0.2) is 60.7 Å². The highest BCUT2D eigenvalue weighted by Gasteiger charge is 2.08. The lowest BCUT2D eigenvalue weighted by Gasteiger charge is -2.24. The maximum Gasteiger partial charge on any atom is 0.163 e. The van der Waals surface area contributed by atoms with E-state index in [9.17, 15) is 9.59 Å². The normalized spacial score (nSPS) is 11.4. The van der Waals surface area contributed by atoms with Crippen molar-refractivity contribution in [3.8, 4) is 0 Å². The molecule has 0 aliphatic carbocycles. The Hall–Kier alpha value is -3.14. The van der Waals surface area contributed by atoms with Crippen LogP contribution in [-0.2, 0) is 9.59 Å². The van der Waals surface area contributed by atoms with E-state index >= 15 is 0 Å². The Morgan fingerprint density at radius 3 is 1.13 bits per heavy atom. The topological polar surface area (TPSA) is 40.6 Å². The molecule has 4 nitrogen and oxygen atoms in total. The fourth-order valence-corrected chi connectivity index (χ4v) is 4.40. The zero-order chi connectivity index (χ0) is 28.3. The first-order chi connectivity index (χ1) is 19.0. The molecule has 4 heteroatoms. The second-order valence-electron chi connectivity index (χ2n) is 10.3. The molecule has 0 aromatic heterocycles. The van der Waals surface area contributed by atoms with Gasteiger partial charge in [0.2, 0.25) is 0 Å². The lowest BCUT2D eigenvalue weighted by Crippen LogP contribution is -2.25. The molecular formula is C35H50N2O2. The van der Waals surface area contributed by atoms with E-state index < -0.39 is 0 Å². The van der Waals surface area contributed by atoms with Gasteiger partial charge in [0.25, 0.3) is 0 Å².